The van der Waals surface area contributed by atoms with Gasteiger partial charge in [-0.2, -0.15) is 0 Å². The molecule has 0 amide bonds. The number of rotatable bonds is 7. The Morgan fingerprint density at radius 2 is 2.05 bits per heavy atom. The van der Waals surface area contributed by atoms with Crippen molar-refractivity contribution in [3.63, 3.8) is 0 Å². The highest BCUT2D eigenvalue weighted by molar-refractivity contribution is 5.29. The molecule has 118 valence electrons. The molecular weight excluding hydrogens is 260 g/mol. The third-order valence-electron chi connectivity index (χ3n) is 4.46. The Hall–Kier alpha value is -1.06. The van der Waals surface area contributed by atoms with Gasteiger partial charge in [-0.15, -0.1) is 0 Å². The van der Waals surface area contributed by atoms with Gasteiger partial charge in [0, 0.05) is 18.6 Å². The molecule has 1 aromatic rings. The minimum Gasteiger partial charge on any atom is -0.494 e. The molecule has 1 aliphatic heterocycles. The smallest absolute Gasteiger partial charge is 0.119 e. The number of ether oxygens (including phenoxy) is 1. The topological polar surface area (TPSA) is 24.5 Å². The minimum absolute atomic E-state index is 0.394. The van der Waals surface area contributed by atoms with Gasteiger partial charge in [-0.25, -0.2) is 0 Å². The van der Waals surface area contributed by atoms with Crippen molar-refractivity contribution >= 4 is 0 Å². The van der Waals surface area contributed by atoms with E-state index in [1.165, 1.54) is 31.4 Å². The summed E-state index contributed by atoms with van der Waals surface area (Å²) in [6, 6.07) is 9.68. The molecule has 0 aromatic heterocycles. The minimum atomic E-state index is 0.394. The van der Waals surface area contributed by atoms with E-state index < -0.39 is 0 Å². The molecule has 0 spiro atoms. The molecule has 0 saturated carbocycles. The Morgan fingerprint density at radius 3 is 2.67 bits per heavy atom. The van der Waals surface area contributed by atoms with Gasteiger partial charge in [-0.1, -0.05) is 25.5 Å². The average molecular weight is 290 g/mol. The summed E-state index contributed by atoms with van der Waals surface area (Å²) < 4.78 is 5.66. The van der Waals surface area contributed by atoms with Crippen molar-refractivity contribution in [3.05, 3.63) is 29.8 Å². The number of likely N-dealkylation sites (tertiary alicyclic amines) is 1. The zero-order valence-electron chi connectivity index (χ0n) is 13.8. The van der Waals surface area contributed by atoms with Gasteiger partial charge in [0.1, 0.15) is 5.75 Å². The van der Waals surface area contributed by atoms with Gasteiger partial charge in [0.05, 0.1) is 6.61 Å². The second-order valence-electron chi connectivity index (χ2n) is 6.10. The lowest BCUT2D eigenvalue weighted by Gasteiger charge is -2.36. The largest absolute Gasteiger partial charge is 0.494 e. The molecule has 1 N–H and O–H groups in total. The summed E-state index contributed by atoms with van der Waals surface area (Å²) in [6.45, 7) is 7.60. The molecule has 2 unspecified atom stereocenters. The van der Waals surface area contributed by atoms with Crippen LogP contribution in [0.5, 0.6) is 5.75 Å². The number of likely N-dealkylation sites (N-methyl/N-ethyl adjacent to an activating group) is 1. The second-order valence-corrected chi connectivity index (χ2v) is 6.10. The molecule has 0 aliphatic carbocycles. The van der Waals surface area contributed by atoms with Crippen LogP contribution in [0.25, 0.3) is 0 Å². The van der Waals surface area contributed by atoms with Crippen LogP contribution in [-0.4, -0.2) is 37.7 Å². The Labute approximate surface area is 129 Å². The van der Waals surface area contributed by atoms with E-state index >= 15 is 0 Å². The van der Waals surface area contributed by atoms with Gasteiger partial charge in [-0.3, -0.25) is 4.90 Å². The molecule has 2 atom stereocenters. The normalized spacial score (nSPS) is 21.2. The van der Waals surface area contributed by atoms with Crippen molar-refractivity contribution in [1.29, 1.82) is 0 Å². The summed E-state index contributed by atoms with van der Waals surface area (Å²) in [5.74, 6) is 0.974. The van der Waals surface area contributed by atoms with Crippen molar-refractivity contribution in [3.8, 4) is 5.75 Å². The van der Waals surface area contributed by atoms with Gasteiger partial charge >= 0.3 is 0 Å². The highest BCUT2D eigenvalue weighted by Gasteiger charge is 2.21. The maximum atomic E-state index is 5.66. The molecule has 1 aromatic carbocycles. The Bertz CT molecular complexity index is 404. The standard InChI is InChI=1S/C18H30N2O/c1-4-13-21-17-10-8-16(9-11-17)18(19-3)14-20-12-6-5-7-15(20)2/h8-11,15,18-19H,4-7,12-14H2,1-3H3. The monoisotopic (exact) mass is 290 g/mol. The van der Waals surface area contributed by atoms with Crippen LogP contribution in [0.15, 0.2) is 24.3 Å². The Kier molecular flexibility index (Phi) is 6.52. The number of hydrogen-bond acceptors (Lipinski definition) is 3. The van der Waals surface area contributed by atoms with Crippen molar-refractivity contribution in [2.75, 3.05) is 26.7 Å². The highest BCUT2D eigenvalue weighted by Crippen LogP contribution is 2.23. The summed E-state index contributed by atoms with van der Waals surface area (Å²) in [5, 5.41) is 3.47. The first-order valence-electron chi connectivity index (χ1n) is 8.38. The summed E-state index contributed by atoms with van der Waals surface area (Å²) in [7, 11) is 2.06. The SMILES string of the molecule is CCCOc1ccc(C(CN2CCCCC2C)NC)cc1. The first kappa shape index (κ1) is 16.3. The van der Waals surface area contributed by atoms with Crippen LogP contribution in [0.1, 0.15) is 51.1 Å². The maximum Gasteiger partial charge on any atom is 0.119 e. The number of hydrogen-bond donors (Lipinski definition) is 1. The van der Waals surface area contributed by atoms with Crippen LogP contribution in [0.2, 0.25) is 0 Å². The third-order valence-corrected chi connectivity index (χ3v) is 4.46. The number of nitrogens with one attached hydrogen (secondary N) is 1. The van der Waals surface area contributed by atoms with E-state index in [0.717, 1.165) is 25.3 Å². The molecule has 3 heteroatoms. The van der Waals surface area contributed by atoms with Crippen LogP contribution >= 0.6 is 0 Å². The molecule has 3 nitrogen and oxygen atoms in total. The van der Waals surface area contributed by atoms with Crippen LogP contribution < -0.4 is 10.1 Å². The third kappa shape index (κ3) is 4.72. The lowest BCUT2D eigenvalue weighted by Crippen LogP contribution is -2.42. The zero-order valence-corrected chi connectivity index (χ0v) is 13.8. The number of piperidine rings is 1. The van der Waals surface area contributed by atoms with Crippen LogP contribution in [0.3, 0.4) is 0 Å². The summed E-state index contributed by atoms with van der Waals surface area (Å²) in [4.78, 5) is 2.62. The molecular formula is C18H30N2O. The van der Waals surface area contributed by atoms with E-state index in [2.05, 4.69) is 55.4 Å². The fourth-order valence-corrected chi connectivity index (χ4v) is 3.04. The predicted molar refractivity (Wildman–Crippen MR) is 88.9 cm³/mol. The molecule has 1 fully saturated rings. The summed E-state index contributed by atoms with van der Waals surface area (Å²) >= 11 is 0. The Balaban J connectivity index is 1.96. The predicted octanol–water partition coefficient (Wildman–Crippen LogP) is 3.61. The van der Waals surface area contributed by atoms with E-state index in [0.29, 0.717) is 12.1 Å². The molecule has 0 radical (unpaired) electrons. The van der Waals surface area contributed by atoms with Gasteiger partial charge in [0.25, 0.3) is 0 Å². The average Bonchev–Trinajstić information content (AvgIpc) is 2.53. The first-order valence-corrected chi connectivity index (χ1v) is 8.38. The number of nitrogens with zero attached hydrogens (tertiary/aromatic N) is 1. The van der Waals surface area contributed by atoms with Crippen molar-refractivity contribution in [1.82, 2.24) is 10.2 Å². The van der Waals surface area contributed by atoms with Gasteiger partial charge in [-0.05, 0) is 57.5 Å². The van der Waals surface area contributed by atoms with Crippen molar-refractivity contribution < 1.29 is 4.74 Å². The molecule has 1 aliphatic rings. The van der Waals surface area contributed by atoms with E-state index in [-0.39, 0.29) is 0 Å². The Morgan fingerprint density at radius 1 is 1.29 bits per heavy atom. The van der Waals surface area contributed by atoms with Gasteiger partial charge in [0.2, 0.25) is 0 Å². The fraction of sp³-hybridized carbons (Fsp3) is 0.667. The van der Waals surface area contributed by atoms with Gasteiger partial charge < -0.3 is 10.1 Å². The van der Waals surface area contributed by atoms with Crippen molar-refractivity contribution in [2.24, 2.45) is 0 Å². The summed E-state index contributed by atoms with van der Waals surface area (Å²) in [6.07, 6.45) is 5.10. The van der Waals surface area contributed by atoms with E-state index in [1.54, 1.807) is 0 Å². The highest BCUT2D eigenvalue weighted by atomic mass is 16.5. The lowest BCUT2D eigenvalue weighted by atomic mass is 10.0. The molecule has 0 bridgehead atoms. The second kappa shape index (κ2) is 8.40. The van der Waals surface area contributed by atoms with Gasteiger partial charge in [0.15, 0.2) is 0 Å². The van der Waals surface area contributed by atoms with E-state index in [1.807, 2.05) is 0 Å². The van der Waals surface area contributed by atoms with Crippen LogP contribution in [-0.2, 0) is 0 Å². The number of benzene rings is 1. The molecule has 1 heterocycles. The fourth-order valence-electron chi connectivity index (χ4n) is 3.04. The zero-order chi connectivity index (χ0) is 15.1. The van der Waals surface area contributed by atoms with E-state index in [9.17, 15) is 0 Å². The molecule has 21 heavy (non-hydrogen) atoms. The molecule has 1 saturated heterocycles. The first-order chi connectivity index (χ1) is 10.2. The quantitative estimate of drug-likeness (QED) is 0.830. The lowest BCUT2D eigenvalue weighted by molar-refractivity contribution is 0.146. The van der Waals surface area contributed by atoms with Crippen LogP contribution in [0.4, 0.5) is 0 Å². The van der Waals surface area contributed by atoms with Crippen LogP contribution in [0, 0.1) is 0 Å². The molecule has 2 rings (SSSR count). The van der Waals surface area contributed by atoms with Crippen molar-refractivity contribution in [2.45, 2.75) is 51.6 Å². The van der Waals surface area contributed by atoms with E-state index in [4.69, 9.17) is 4.74 Å². The maximum absolute atomic E-state index is 5.66. The summed E-state index contributed by atoms with van der Waals surface area (Å²) in [5.41, 5.74) is 1.35.